The largest absolute Gasteiger partial charge is 0.295 e. The molecule has 0 unspecified atom stereocenters. The molecule has 1 aromatic carbocycles. The zero-order valence-corrected chi connectivity index (χ0v) is 13.5. The van der Waals surface area contributed by atoms with Gasteiger partial charge in [-0.3, -0.25) is 9.20 Å². The molecule has 0 saturated carbocycles. The Bertz CT molecular complexity index is 1010. The number of halogens is 1. The van der Waals surface area contributed by atoms with Gasteiger partial charge in [-0.05, 0) is 37.3 Å². The Morgan fingerprint density at radius 1 is 1.22 bits per heavy atom. The molecule has 23 heavy (non-hydrogen) atoms. The first kappa shape index (κ1) is 15.4. The molecular formula is C14H11ClN4O3S. The van der Waals surface area contributed by atoms with Crippen molar-refractivity contribution in [3.8, 4) is 0 Å². The van der Waals surface area contributed by atoms with Crippen LogP contribution in [0.1, 0.15) is 17.3 Å². The number of benzene rings is 1. The highest BCUT2D eigenvalue weighted by molar-refractivity contribution is 7.92. The number of ketones is 1. The number of hydrogen-bond acceptors (Lipinski definition) is 5. The predicted molar refractivity (Wildman–Crippen MR) is 85.3 cm³/mol. The molecule has 0 bridgehead atoms. The van der Waals surface area contributed by atoms with Crippen LogP contribution in [-0.2, 0) is 10.0 Å². The molecule has 118 valence electrons. The number of sulfonamides is 1. The quantitative estimate of drug-likeness (QED) is 0.729. The van der Waals surface area contributed by atoms with Crippen LogP contribution in [0, 0.1) is 0 Å². The maximum absolute atomic E-state index is 12.6. The van der Waals surface area contributed by atoms with E-state index in [1.807, 2.05) is 0 Å². The molecule has 0 atom stereocenters. The first-order chi connectivity index (χ1) is 10.9. The van der Waals surface area contributed by atoms with Crippen LogP contribution in [0.25, 0.3) is 5.65 Å². The lowest BCUT2D eigenvalue weighted by molar-refractivity contribution is 0.101. The molecule has 0 aliphatic rings. The van der Waals surface area contributed by atoms with Gasteiger partial charge in [0.15, 0.2) is 11.4 Å². The SMILES string of the molecule is CC(=O)c1ccc(Cl)c(S(=O)(=O)Nc2nnc3ccccn23)c1. The van der Waals surface area contributed by atoms with Crippen LogP contribution in [0.3, 0.4) is 0 Å². The summed E-state index contributed by atoms with van der Waals surface area (Å²) in [5.41, 5.74) is 0.745. The molecule has 0 radical (unpaired) electrons. The fourth-order valence-corrected chi connectivity index (χ4v) is 3.53. The van der Waals surface area contributed by atoms with Gasteiger partial charge in [-0.15, -0.1) is 10.2 Å². The van der Waals surface area contributed by atoms with Crippen molar-refractivity contribution in [3.63, 3.8) is 0 Å². The lowest BCUT2D eigenvalue weighted by Gasteiger charge is -2.09. The minimum atomic E-state index is -4.02. The van der Waals surface area contributed by atoms with Gasteiger partial charge < -0.3 is 0 Å². The monoisotopic (exact) mass is 350 g/mol. The molecule has 7 nitrogen and oxygen atoms in total. The van der Waals surface area contributed by atoms with E-state index in [0.717, 1.165) is 0 Å². The summed E-state index contributed by atoms with van der Waals surface area (Å²) in [6.07, 6.45) is 1.63. The van der Waals surface area contributed by atoms with E-state index in [1.54, 1.807) is 24.4 Å². The van der Waals surface area contributed by atoms with E-state index >= 15 is 0 Å². The number of Topliss-reactive ketones (excluding diaryl/α,β-unsaturated/α-hetero) is 1. The number of nitrogens with one attached hydrogen (secondary N) is 1. The number of carbonyl (C=O) groups is 1. The zero-order chi connectivity index (χ0) is 16.6. The first-order valence-corrected chi connectivity index (χ1v) is 8.38. The van der Waals surface area contributed by atoms with Crippen LogP contribution in [0.2, 0.25) is 5.02 Å². The second-order valence-corrected chi connectivity index (χ2v) is 6.82. The molecule has 1 N–H and O–H groups in total. The molecule has 0 aliphatic carbocycles. The van der Waals surface area contributed by atoms with Crippen LogP contribution in [0.4, 0.5) is 5.95 Å². The van der Waals surface area contributed by atoms with Gasteiger partial charge in [-0.25, -0.2) is 13.1 Å². The number of hydrogen-bond donors (Lipinski definition) is 1. The maximum Gasteiger partial charge on any atom is 0.265 e. The highest BCUT2D eigenvalue weighted by Crippen LogP contribution is 2.25. The van der Waals surface area contributed by atoms with E-state index in [9.17, 15) is 13.2 Å². The van der Waals surface area contributed by atoms with Gasteiger partial charge in [0, 0.05) is 11.8 Å². The maximum atomic E-state index is 12.6. The van der Waals surface area contributed by atoms with Gasteiger partial charge in [0.25, 0.3) is 10.0 Å². The smallest absolute Gasteiger partial charge is 0.265 e. The highest BCUT2D eigenvalue weighted by atomic mass is 35.5. The van der Waals surface area contributed by atoms with Crippen molar-refractivity contribution >= 4 is 39.0 Å². The fourth-order valence-electron chi connectivity index (χ4n) is 2.01. The third-order valence-electron chi connectivity index (χ3n) is 3.17. The number of nitrogens with zero attached hydrogens (tertiary/aromatic N) is 3. The molecule has 9 heteroatoms. The molecule has 0 aliphatic heterocycles. The molecule has 0 spiro atoms. The molecule has 0 saturated heterocycles. The second-order valence-electron chi connectivity index (χ2n) is 4.76. The number of aromatic nitrogens is 3. The summed E-state index contributed by atoms with van der Waals surface area (Å²) in [7, 11) is -4.02. The van der Waals surface area contributed by atoms with Crippen molar-refractivity contribution in [1.29, 1.82) is 0 Å². The first-order valence-electron chi connectivity index (χ1n) is 6.51. The van der Waals surface area contributed by atoms with Crippen LogP contribution >= 0.6 is 11.6 Å². The summed E-state index contributed by atoms with van der Waals surface area (Å²) in [6, 6.07) is 9.24. The highest BCUT2D eigenvalue weighted by Gasteiger charge is 2.21. The number of rotatable bonds is 4. The fraction of sp³-hybridized carbons (Fsp3) is 0.0714. The van der Waals surface area contributed by atoms with E-state index in [0.29, 0.717) is 5.65 Å². The van der Waals surface area contributed by atoms with Gasteiger partial charge in [0.1, 0.15) is 4.90 Å². The number of carbonyl (C=O) groups excluding carboxylic acids is 1. The lowest BCUT2D eigenvalue weighted by Crippen LogP contribution is -2.16. The topological polar surface area (TPSA) is 93.4 Å². The van der Waals surface area contributed by atoms with Crippen molar-refractivity contribution in [1.82, 2.24) is 14.6 Å². The predicted octanol–water partition coefficient (Wildman–Crippen LogP) is 2.39. The summed E-state index contributed by atoms with van der Waals surface area (Å²) in [6.45, 7) is 1.35. The van der Waals surface area contributed by atoms with E-state index in [1.165, 1.54) is 29.5 Å². The summed E-state index contributed by atoms with van der Waals surface area (Å²) in [5.74, 6) is -0.226. The summed E-state index contributed by atoms with van der Waals surface area (Å²) >= 11 is 5.97. The number of anilines is 1. The normalized spacial score (nSPS) is 11.6. The molecule has 0 amide bonds. The van der Waals surface area contributed by atoms with Crippen LogP contribution in [0.5, 0.6) is 0 Å². The Labute approximate surface area is 137 Å². The third kappa shape index (κ3) is 2.90. The Hall–Kier alpha value is -2.45. The van der Waals surface area contributed by atoms with Crippen molar-refractivity contribution < 1.29 is 13.2 Å². The zero-order valence-electron chi connectivity index (χ0n) is 11.9. The Morgan fingerprint density at radius 3 is 2.74 bits per heavy atom. The van der Waals surface area contributed by atoms with Gasteiger partial charge >= 0.3 is 0 Å². The molecule has 3 aromatic rings. The molecule has 3 rings (SSSR count). The van der Waals surface area contributed by atoms with E-state index in [2.05, 4.69) is 14.9 Å². The molecular weight excluding hydrogens is 340 g/mol. The summed E-state index contributed by atoms with van der Waals surface area (Å²) in [4.78, 5) is 11.2. The molecule has 2 heterocycles. The average molecular weight is 351 g/mol. The average Bonchev–Trinajstić information content (AvgIpc) is 2.90. The van der Waals surface area contributed by atoms with Crippen LogP contribution < -0.4 is 4.72 Å². The van der Waals surface area contributed by atoms with Crippen molar-refractivity contribution in [2.24, 2.45) is 0 Å². The summed E-state index contributed by atoms with van der Waals surface area (Å²) < 4.78 is 28.9. The molecule has 2 aromatic heterocycles. The standard InChI is InChI=1S/C14H11ClN4O3S/c1-9(20)10-5-6-11(15)12(8-10)23(21,22)18-14-17-16-13-4-2-3-7-19(13)14/h2-8H,1H3,(H,17,18). The summed E-state index contributed by atoms with van der Waals surface area (Å²) in [5, 5.41) is 7.68. The number of fused-ring (bicyclic) bond motifs is 1. The van der Waals surface area contributed by atoms with E-state index in [4.69, 9.17) is 11.6 Å². The van der Waals surface area contributed by atoms with E-state index < -0.39 is 10.0 Å². The minimum absolute atomic E-state index is 0.0105. The van der Waals surface area contributed by atoms with Crippen LogP contribution in [-0.4, -0.2) is 28.8 Å². The third-order valence-corrected chi connectivity index (χ3v) is 4.98. The van der Waals surface area contributed by atoms with Gasteiger partial charge in [0.2, 0.25) is 5.95 Å². The van der Waals surface area contributed by atoms with Gasteiger partial charge in [0.05, 0.1) is 5.02 Å². The van der Waals surface area contributed by atoms with Gasteiger partial charge in [-0.2, -0.15) is 0 Å². The second kappa shape index (κ2) is 5.64. The van der Waals surface area contributed by atoms with Crippen molar-refractivity contribution in [2.45, 2.75) is 11.8 Å². The van der Waals surface area contributed by atoms with E-state index in [-0.39, 0.29) is 27.2 Å². The number of pyridine rings is 1. The van der Waals surface area contributed by atoms with Crippen molar-refractivity contribution in [2.75, 3.05) is 4.72 Å². The van der Waals surface area contributed by atoms with Crippen LogP contribution in [0.15, 0.2) is 47.5 Å². The Kier molecular flexibility index (Phi) is 3.78. The molecule has 0 fully saturated rings. The lowest BCUT2D eigenvalue weighted by atomic mass is 10.1. The van der Waals surface area contributed by atoms with Gasteiger partial charge in [-0.1, -0.05) is 17.7 Å². The Morgan fingerprint density at radius 2 is 2.00 bits per heavy atom. The minimum Gasteiger partial charge on any atom is -0.295 e. The Balaban J connectivity index is 2.05. The van der Waals surface area contributed by atoms with Crippen molar-refractivity contribution in [3.05, 3.63) is 53.2 Å².